The average molecular weight is 1880 g/mol. The van der Waals surface area contributed by atoms with E-state index in [0.29, 0.717) is 5.41 Å². The molecule has 21 aromatic rings. The highest BCUT2D eigenvalue weighted by molar-refractivity contribution is 5.92. The first-order valence-corrected chi connectivity index (χ1v) is 52.4. The lowest BCUT2D eigenvalue weighted by Gasteiger charge is -2.36. The van der Waals surface area contributed by atoms with Crippen molar-refractivity contribution in [1.82, 2.24) is 0 Å². The summed E-state index contributed by atoms with van der Waals surface area (Å²) in [7, 11) is 0. The van der Waals surface area contributed by atoms with E-state index < -0.39 is 0 Å². The van der Waals surface area contributed by atoms with Crippen molar-refractivity contribution < 1.29 is 0 Å². The molecule has 0 heterocycles. The standard InChI is InChI=1S/2C27H22.2C26H20.C21H18.C19H20/c1-19-13-15-23-24-16-14-21(20-9-5-3-6-10-20)18-26(24)27(2,25(23)17-19)22-11-7-4-8-12-22;1-19-12-14-20(15-13-19)21-16-17-24-23-10-6-7-11-25(23)27(2,26(24)18-21)22-8-4-3-5-9-22;1-19-11-5-8-16-23(19)26(20-12-3-2-4-13-20)24-17-9-6-14-21(24)22-15-7-10-18-25(22)26;1-19-10-9-13-21(18-19)26(20-11-3-2-4-12-20)24-16-7-5-14-22(24)23-15-6-8-17-25(23)26;1-15-12-13-18-17-10-6-7-11-19(17)21(2,20(18)14-15)16-8-4-3-5-9-16;1-14-9-10-16-15-7-3-4-8-17(15)19(18(16)13-14)11-5-2-6-12-19/h2*3-18H,1-2H3;2*2-18H,1H3;3-14H,1-2H3;3-4,7-10,13H,2,5-6,11-12H2,1H3. The zero-order valence-corrected chi connectivity index (χ0v) is 85.1. The molecular formula is C146H122. The Morgan fingerprint density at radius 2 is 0.397 bits per heavy atom. The maximum atomic E-state index is 2.45. The highest BCUT2D eigenvalue weighted by Gasteiger charge is 2.51. The second-order valence-electron chi connectivity index (χ2n) is 41.8. The topological polar surface area (TPSA) is 0 Å². The molecule has 7 aliphatic carbocycles. The van der Waals surface area contributed by atoms with Crippen molar-refractivity contribution in [2.24, 2.45) is 0 Å². The molecule has 0 amide bonds. The summed E-state index contributed by atoms with van der Waals surface area (Å²) in [5.74, 6) is 0. The van der Waals surface area contributed by atoms with Crippen LogP contribution in [-0.4, -0.2) is 0 Å². The van der Waals surface area contributed by atoms with Crippen LogP contribution in [-0.2, 0) is 32.5 Å². The maximum Gasteiger partial charge on any atom is 0.0716 e. The Bertz CT molecular complexity index is 8310. The average Bonchev–Trinajstić information content (AvgIpc) is 1.53. The van der Waals surface area contributed by atoms with E-state index in [1.165, 1.54) is 249 Å². The summed E-state index contributed by atoms with van der Waals surface area (Å²) in [5, 5.41) is 0. The minimum atomic E-state index is -0.264. The lowest BCUT2D eigenvalue weighted by Crippen LogP contribution is -2.29. The van der Waals surface area contributed by atoms with Crippen LogP contribution in [0.1, 0.15) is 192 Å². The highest BCUT2D eigenvalue weighted by Crippen LogP contribution is 2.62. The van der Waals surface area contributed by atoms with Crippen LogP contribution >= 0.6 is 0 Å². The van der Waals surface area contributed by atoms with Gasteiger partial charge in [0.25, 0.3) is 0 Å². The van der Waals surface area contributed by atoms with Gasteiger partial charge < -0.3 is 0 Å². The van der Waals surface area contributed by atoms with E-state index in [-0.39, 0.29) is 27.1 Å². The van der Waals surface area contributed by atoms with Crippen molar-refractivity contribution >= 4 is 0 Å². The summed E-state index contributed by atoms with van der Waals surface area (Å²) in [6.45, 7) is 20.2. The van der Waals surface area contributed by atoms with Gasteiger partial charge in [-0.2, -0.15) is 0 Å². The first-order valence-electron chi connectivity index (χ1n) is 52.4. The van der Waals surface area contributed by atoms with E-state index in [1.807, 2.05) is 0 Å². The van der Waals surface area contributed by atoms with Gasteiger partial charge in [-0.3, -0.25) is 0 Å². The van der Waals surface area contributed by atoms with Crippen molar-refractivity contribution in [3.05, 3.63) is 655 Å². The molecule has 0 bridgehead atoms. The van der Waals surface area contributed by atoms with Gasteiger partial charge in [-0.15, -0.1) is 0 Å². The highest BCUT2D eigenvalue weighted by atomic mass is 14.5. The molecule has 0 aliphatic heterocycles. The van der Waals surface area contributed by atoms with Gasteiger partial charge in [-0.25, -0.2) is 0 Å². The molecule has 1 fully saturated rings. The Kier molecular flexibility index (Phi) is 24.7. The summed E-state index contributed by atoms with van der Waals surface area (Å²) in [6, 6.07) is 189. The fourth-order valence-corrected chi connectivity index (χ4v) is 26.3. The summed E-state index contributed by atoms with van der Waals surface area (Å²) in [6.07, 6.45) is 6.83. The van der Waals surface area contributed by atoms with Crippen molar-refractivity contribution in [2.75, 3.05) is 0 Å². The number of aryl methyl sites for hydroxylation is 6. The molecule has 0 radical (unpaired) electrons. The van der Waals surface area contributed by atoms with Gasteiger partial charge in [0.1, 0.15) is 0 Å². The first-order chi connectivity index (χ1) is 71.5. The van der Waals surface area contributed by atoms with Crippen LogP contribution in [0.3, 0.4) is 0 Å². The SMILES string of the molecule is Cc1ccc(-c2ccc3c(c2)C(C)(c2ccccc2)c2ccccc2-3)cc1.Cc1ccc2c(c1)C(C)(c1ccccc1)c1cc(-c3ccccc3)ccc1-2.Cc1ccc2c(c1)C(C)(c1ccccc1)c1ccccc1-2.Cc1ccc2c(c1)C1(CCCCC1)c1ccccc1-2.Cc1cccc(C2(c3ccccc3)c3ccccc3-c3ccccc32)c1.Cc1ccccc1C1(c2ccccc2)c2ccccc2-c2ccccc21. The smallest absolute Gasteiger partial charge is 0.0622 e. The van der Waals surface area contributed by atoms with Gasteiger partial charge in [0.15, 0.2) is 0 Å². The van der Waals surface area contributed by atoms with Crippen molar-refractivity contribution in [3.8, 4) is 89.0 Å². The Hall–Kier alpha value is -16.4. The molecule has 0 saturated heterocycles. The molecule has 3 atom stereocenters. The van der Waals surface area contributed by atoms with E-state index in [0.717, 1.165) is 0 Å². The summed E-state index contributed by atoms with van der Waals surface area (Å²) in [4.78, 5) is 0. The zero-order chi connectivity index (χ0) is 99.3. The Morgan fingerprint density at radius 1 is 0.144 bits per heavy atom. The summed E-state index contributed by atoms with van der Waals surface area (Å²) < 4.78 is 0. The molecule has 0 aromatic heterocycles. The van der Waals surface area contributed by atoms with E-state index in [1.54, 1.807) is 11.1 Å². The van der Waals surface area contributed by atoms with Gasteiger partial charge >= 0.3 is 0 Å². The number of rotatable bonds is 9. The normalized spacial score (nSPS) is 16.6. The Balaban J connectivity index is 0.0000000970. The van der Waals surface area contributed by atoms with Crippen LogP contribution in [0.5, 0.6) is 0 Å². The molecule has 0 N–H and O–H groups in total. The van der Waals surface area contributed by atoms with Gasteiger partial charge in [0.05, 0.1) is 10.8 Å². The van der Waals surface area contributed by atoms with Gasteiger partial charge in [0.2, 0.25) is 0 Å². The van der Waals surface area contributed by atoms with E-state index in [4.69, 9.17) is 0 Å². The molecule has 0 nitrogen and oxygen atoms in total. The fraction of sp³-hybridized carbons (Fsp3) is 0.137. The third-order valence-corrected chi connectivity index (χ3v) is 33.3. The second-order valence-corrected chi connectivity index (χ2v) is 41.8. The quantitative estimate of drug-likeness (QED) is 0.135. The molecule has 146 heavy (non-hydrogen) atoms. The zero-order valence-electron chi connectivity index (χ0n) is 85.1. The van der Waals surface area contributed by atoms with Crippen molar-refractivity contribution in [1.29, 1.82) is 0 Å². The van der Waals surface area contributed by atoms with E-state index >= 15 is 0 Å². The van der Waals surface area contributed by atoms with Crippen LogP contribution in [0.25, 0.3) is 89.0 Å². The van der Waals surface area contributed by atoms with Crippen LogP contribution in [0, 0.1) is 41.5 Å². The molecule has 706 valence electrons. The van der Waals surface area contributed by atoms with Crippen LogP contribution in [0.4, 0.5) is 0 Å². The first kappa shape index (κ1) is 93.3. The third-order valence-electron chi connectivity index (χ3n) is 33.3. The van der Waals surface area contributed by atoms with Gasteiger partial charge in [-0.05, 0) is 288 Å². The summed E-state index contributed by atoms with van der Waals surface area (Å²) >= 11 is 0. The molecule has 1 spiro atoms. The lowest BCUT2D eigenvalue weighted by atomic mass is 9.66. The number of fused-ring (bicyclic) bond motifs is 20. The van der Waals surface area contributed by atoms with E-state index in [2.05, 4.69) is 578 Å². The van der Waals surface area contributed by atoms with Crippen LogP contribution in [0.15, 0.2) is 516 Å². The van der Waals surface area contributed by atoms with Crippen molar-refractivity contribution in [3.63, 3.8) is 0 Å². The summed E-state index contributed by atoms with van der Waals surface area (Å²) in [5.41, 5.74) is 55.6. The second kappa shape index (κ2) is 38.7. The predicted molar refractivity (Wildman–Crippen MR) is 614 cm³/mol. The Morgan fingerprint density at radius 3 is 0.795 bits per heavy atom. The number of hydrogen-bond acceptors (Lipinski definition) is 0. The van der Waals surface area contributed by atoms with Gasteiger partial charge in [-0.1, -0.05) is 551 Å². The number of benzene rings is 21. The molecular weight excluding hydrogens is 1750 g/mol. The maximum absolute atomic E-state index is 2.45. The van der Waals surface area contributed by atoms with Crippen molar-refractivity contribution in [2.45, 2.75) is 127 Å². The third kappa shape index (κ3) is 15.7. The molecule has 28 rings (SSSR count). The molecule has 0 heteroatoms. The Labute approximate surface area is 864 Å². The minimum absolute atomic E-state index is 0.0563. The van der Waals surface area contributed by atoms with E-state index in [9.17, 15) is 0 Å². The largest absolute Gasteiger partial charge is 0.0716 e. The van der Waals surface area contributed by atoms with Crippen LogP contribution < -0.4 is 0 Å². The molecule has 21 aromatic carbocycles. The van der Waals surface area contributed by atoms with Gasteiger partial charge in [0, 0.05) is 21.7 Å². The van der Waals surface area contributed by atoms with Crippen LogP contribution in [0.2, 0.25) is 0 Å². The monoisotopic (exact) mass is 1870 g/mol. The molecule has 1 saturated carbocycles. The number of hydrogen-bond donors (Lipinski definition) is 0. The molecule has 7 aliphatic rings. The predicted octanol–water partition coefficient (Wildman–Crippen LogP) is 37.3. The minimum Gasteiger partial charge on any atom is -0.0622 e. The lowest BCUT2D eigenvalue weighted by molar-refractivity contribution is 0.352. The fourth-order valence-electron chi connectivity index (χ4n) is 26.3. The molecule has 3 unspecified atom stereocenters.